The Morgan fingerprint density at radius 3 is 2.47 bits per heavy atom. The number of nitrogens with one attached hydrogen (secondary N) is 1. The molecular weight excluding hydrogens is 184 g/mol. The van der Waals surface area contributed by atoms with Gasteiger partial charge in [-0.1, -0.05) is 12.1 Å². The second kappa shape index (κ2) is 2.40. The van der Waals surface area contributed by atoms with Crippen LogP contribution in [-0.2, 0) is 12.8 Å². The zero-order valence-corrected chi connectivity index (χ0v) is 8.25. The zero-order valence-electron chi connectivity index (χ0n) is 8.25. The number of hydrogen-bond acceptors (Lipinski definition) is 1. The Kier molecular flexibility index (Phi) is 1.19. The van der Waals surface area contributed by atoms with Gasteiger partial charge < -0.3 is 4.98 Å². The molecule has 0 atom stereocenters. The van der Waals surface area contributed by atoms with Gasteiger partial charge in [-0.15, -0.1) is 0 Å². The van der Waals surface area contributed by atoms with E-state index in [1.807, 2.05) is 0 Å². The summed E-state index contributed by atoms with van der Waals surface area (Å²) >= 11 is 0. The van der Waals surface area contributed by atoms with Gasteiger partial charge in [-0.3, -0.25) is 0 Å². The van der Waals surface area contributed by atoms with Crippen molar-refractivity contribution >= 4 is 21.8 Å². The van der Waals surface area contributed by atoms with Gasteiger partial charge in [0.15, 0.2) is 0 Å². The molecular formula is C13H10N2. The van der Waals surface area contributed by atoms with Crippen LogP contribution in [0.2, 0.25) is 0 Å². The van der Waals surface area contributed by atoms with Gasteiger partial charge in [0.2, 0.25) is 0 Å². The van der Waals surface area contributed by atoms with Crippen molar-refractivity contribution in [3.8, 4) is 0 Å². The third kappa shape index (κ3) is 0.864. The molecule has 2 aromatic carbocycles. The lowest BCUT2D eigenvalue weighted by atomic mass is 9.88. The summed E-state index contributed by atoms with van der Waals surface area (Å²) in [4.78, 5) is 7.48. The zero-order chi connectivity index (χ0) is 9.83. The van der Waals surface area contributed by atoms with E-state index >= 15 is 0 Å². The van der Waals surface area contributed by atoms with E-state index in [0.29, 0.717) is 0 Å². The summed E-state index contributed by atoms with van der Waals surface area (Å²) in [7, 11) is 0. The van der Waals surface area contributed by atoms with Crippen LogP contribution in [0, 0.1) is 0 Å². The third-order valence-corrected chi connectivity index (χ3v) is 3.40. The van der Waals surface area contributed by atoms with Gasteiger partial charge in [-0.2, -0.15) is 0 Å². The predicted molar refractivity (Wildman–Crippen MR) is 61.0 cm³/mol. The summed E-state index contributed by atoms with van der Waals surface area (Å²) in [5.74, 6) is 0. The second-order valence-electron chi connectivity index (χ2n) is 4.20. The molecule has 0 saturated carbocycles. The fourth-order valence-electron chi connectivity index (χ4n) is 2.60. The highest BCUT2D eigenvalue weighted by Gasteiger charge is 2.13. The first-order chi connectivity index (χ1) is 7.42. The minimum atomic E-state index is 1.07. The van der Waals surface area contributed by atoms with Gasteiger partial charge in [0.05, 0.1) is 17.4 Å². The fourth-order valence-corrected chi connectivity index (χ4v) is 2.60. The number of imidazole rings is 1. The van der Waals surface area contributed by atoms with Crippen molar-refractivity contribution < 1.29 is 0 Å². The van der Waals surface area contributed by atoms with Gasteiger partial charge >= 0.3 is 0 Å². The Morgan fingerprint density at radius 2 is 1.73 bits per heavy atom. The molecule has 1 N–H and O–H groups in total. The minimum Gasteiger partial charge on any atom is -0.345 e. The minimum absolute atomic E-state index is 1.07. The first-order valence-corrected chi connectivity index (χ1v) is 5.29. The Bertz CT molecular complexity index is 622. The van der Waals surface area contributed by atoms with Crippen LogP contribution in [0.1, 0.15) is 11.1 Å². The lowest BCUT2D eigenvalue weighted by molar-refractivity contribution is 0.948. The van der Waals surface area contributed by atoms with Crippen molar-refractivity contribution in [1.29, 1.82) is 0 Å². The summed E-state index contributed by atoms with van der Waals surface area (Å²) in [6.45, 7) is 0. The number of H-pyrrole nitrogens is 1. The standard InChI is InChI=1S/C13H10N2/c1-2-9-4-3-8(1)10-5-12-13(6-11(9)10)15-7-14-12/h1-2,5-7H,3-4H2,(H,14,15). The van der Waals surface area contributed by atoms with E-state index in [-0.39, 0.29) is 0 Å². The quantitative estimate of drug-likeness (QED) is 0.585. The van der Waals surface area contributed by atoms with Crippen LogP contribution >= 0.6 is 0 Å². The second-order valence-corrected chi connectivity index (χ2v) is 4.20. The van der Waals surface area contributed by atoms with Crippen LogP contribution in [-0.4, -0.2) is 9.97 Å². The summed E-state index contributed by atoms with van der Waals surface area (Å²) in [6, 6.07) is 8.94. The van der Waals surface area contributed by atoms with E-state index in [1.54, 1.807) is 6.33 Å². The topological polar surface area (TPSA) is 28.7 Å². The van der Waals surface area contributed by atoms with Gasteiger partial charge in [0.25, 0.3) is 0 Å². The van der Waals surface area contributed by atoms with Gasteiger partial charge in [0.1, 0.15) is 0 Å². The summed E-state index contributed by atoms with van der Waals surface area (Å²) in [6.07, 6.45) is 4.15. The molecule has 0 unspecified atom stereocenters. The maximum absolute atomic E-state index is 4.31. The van der Waals surface area contributed by atoms with Crippen molar-refractivity contribution in [2.75, 3.05) is 0 Å². The molecule has 0 radical (unpaired) electrons. The molecule has 2 aliphatic rings. The number of benzene rings is 2. The van der Waals surface area contributed by atoms with Crippen molar-refractivity contribution in [3.63, 3.8) is 0 Å². The SMILES string of the molecule is c1nc2cc3c4ccc(c3cc2[nH]1)CC4. The number of hydrogen-bond donors (Lipinski definition) is 1. The first-order valence-electron chi connectivity index (χ1n) is 5.29. The third-order valence-electron chi connectivity index (χ3n) is 3.40. The molecule has 1 aromatic heterocycles. The molecule has 2 aliphatic carbocycles. The number of aromatic nitrogens is 2. The van der Waals surface area contributed by atoms with Crippen LogP contribution in [0.5, 0.6) is 0 Å². The summed E-state index contributed by atoms with van der Waals surface area (Å²) < 4.78 is 0. The summed E-state index contributed by atoms with van der Waals surface area (Å²) in [5.41, 5.74) is 5.15. The number of nitrogens with zero attached hydrogens (tertiary/aromatic N) is 1. The highest BCUT2D eigenvalue weighted by molar-refractivity contribution is 5.99. The van der Waals surface area contributed by atoms with E-state index in [9.17, 15) is 0 Å². The highest BCUT2D eigenvalue weighted by atomic mass is 14.9. The van der Waals surface area contributed by atoms with Crippen LogP contribution in [0.3, 0.4) is 0 Å². The normalized spacial score (nSPS) is 14.1. The molecule has 0 fully saturated rings. The van der Waals surface area contributed by atoms with Crippen LogP contribution < -0.4 is 0 Å². The van der Waals surface area contributed by atoms with E-state index in [0.717, 1.165) is 11.0 Å². The largest absolute Gasteiger partial charge is 0.345 e. The Labute approximate surface area is 86.9 Å². The van der Waals surface area contributed by atoms with Crippen molar-refractivity contribution in [2.24, 2.45) is 0 Å². The summed E-state index contributed by atoms with van der Waals surface area (Å²) in [5, 5.41) is 2.79. The van der Waals surface area contributed by atoms with Gasteiger partial charge in [0, 0.05) is 0 Å². The Balaban J connectivity index is 2.31. The van der Waals surface area contributed by atoms with Gasteiger partial charge in [-0.25, -0.2) is 4.98 Å². The van der Waals surface area contributed by atoms with Crippen LogP contribution in [0.15, 0.2) is 30.6 Å². The maximum atomic E-state index is 4.31. The molecule has 15 heavy (non-hydrogen) atoms. The van der Waals surface area contributed by atoms with Crippen molar-refractivity contribution in [2.45, 2.75) is 12.8 Å². The van der Waals surface area contributed by atoms with Crippen molar-refractivity contribution in [3.05, 3.63) is 41.7 Å². The highest BCUT2D eigenvalue weighted by Crippen LogP contribution is 2.32. The Hall–Kier alpha value is -1.83. The predicted octanol–water partition coefficient (Wildman–Crippen LogP) is 2.81. The lowest BCUT2D eigenvalue weighted by Gasteiger charge is -2.17. The molecule has 0 saturated heterocycles. The van der Waals surface area contributed by atoms with Gasteiger partial charge in [-0.05, 0) is 46.9 Å². The number of aromatic amines is 1. The fraction of sp³-hybridized carbons (Fsp3) is 0.154. The van der Waals surface area contributed by atoms with Crippen LogP contribution in [0.25, 0.3) is 21.8 Å². The number of aryl methyl sites for hydroxylation is 2. The first kappa shape index (κ1) is 7.46. The molecule has 0 aliphatic heterocycles. The molecule has 5 rings (SSSR count). The average Bonchev–Trinajstić information content (AvgIpc) is 2.75. The number of fused-ring (bicyclic) bond motifs is 3. The van der Waals surface area contributed by atoms with E-state index in [4.69, 9.17) is 0 Å². The number of rotatable bonds is 0. The molecule has 3 aromatic rings. The van der Waals surface area contributed by atoms with Crippen molar-refractivity contribution in [1.82, 2.24) is 9.97 Å². The van der Waals surface area contributed by atoms with E-state index in [1.165, 1.54) is 34.7 Å². The van der Waals surface area contributed by atoms with Crippen LogP contribution in [0.4, 0.5) is 0 Å². The van der Waals surface area contributed by atoms with E-state index < -0.39 is 0 Å². The van der Waals surface area contributed by atoms with E-state index in [2.05, 4.69) is 34.2 Å². The smallest absolute Gasteiger partial charge is 0.0931 e. The Morgan fingerprint density at radius 1 is 1.00 bits per heavy atom. The lowest BCUT2D eigenvalue weighted by Crippen LogP contribution is -2.01. The molecule has 72 valence electrons. The molecule has 0 spiro atoms. The molecule has 2 heteroatoms. The maximum Gasteiger partial charge on any atom is 0.0931 e. The molecule has 2 nitrogen and oxygen atoms in total. The molecule has 0 amide bonds. The average molecular weight is 194 g/mol. The molecule has 1 heterocycles. The molecule has 2 bridgehead atoms. The monoisotopic (exact) mass is 194 g/mol.